The molecule has 0 unspecified atom stereocenters. The number of hydrogen-bond donors (Lipinski definition) is 2. The van der Waals surface area contributed by atoms with Gasteiger partial charge in [-0.25, -0.2) is 5.43 Å². The van der Waals surface area contributed by atoms with E-state index < -0.39 is 0 Å². The van der Waals surface area contributed by atoms with Crippen molar-refractivity contribution >= 4 is 21.8 Å². The van der Waals surface area contributed by atoms with Crippen molar-refractivity contribution in [3.8, 4) is 5.75 Å². The first-order valence-electron chi connectivity index (χ1n) is 7.00. The maximum absolute atomic E-state index is 11.6. The Kier molecular flexibility index (Phi) is 5.41. The molecular weight excluding hydrogens is 338 g/mol. The van der Waals surface area contributed by atoms with Crippen LogP contribution in [-0.4, -0.2) is 22.6 Å². The molecule has 1 heterocycles. The van der Waals surface area contributed by atoms with E-state index in [1.54, 1.807) is 13.2 Å². The summed E-state index contributed by atoms with van der Waals surface area (Å²) in [5.41, 5.74) is 5.55. The van der Waals surface area contributed by atoms with Gasteiger partial charge >= 0.3 is 0 Å². The lowest BCUT2D eigenvalue weighted by molar-refractivity contribution is -0.120. The molecule has 2 rings (SSSR count). The van der Waals surface area contributed by atoms with Gasteiger partial charge in [-0.05, 0) is 41.6 Å². The van der Waals surface area contributed by atoms with Gasteiger partial charge in [-0.1, -0.05) is 0 Å². The normalized spacial score (nSPS) is 21.9. The van der Waals surface area contributed by atoms with Gasteiger partial charge in [-0.3, -0.25) is 15.0 Å². The summed E-state index contributed by atoms with van der Waals surface area (Å²) in [4.78, 5) is 22.5. The Hall–Kier alpha value is -1.34. The van der Waals surface area contributed by atoms with Crippen LogP contribution in [0.1, 0.15) is 32.6 Å². The molecule has 7 heteroatoms. The van der Waals surface area contributed by atoms with Gasteiger partial charge in [0.2, 0.25) is 5.91 Å². The number of hydrogen-bond acceptors (Lipinski definition) is 4. The monoisotopic (exact) mass is 357 g/mol. The van der Waals surface area contributed by atoms with Gasteiger partial charge in [-0.15, -0.1) is 0 Å². The lowest BCUT2D eigenvalue weighted by atomic mass is 9.93. The number of nitrogens with one attached hydrogen (secondary N) is 2. The molecule has 1 aliphatic rings. The Labute approximate surface area is 132 Å². The quantitative estimate of drug-likeness (QED) is 0.800. The van der Waals surface area contributed by atoms with Crippen LogP contribution in [0.2, 0.25) is 0 Å². The van der Waals surface area contributed by atoms with E-state index in [9.17, 15) is 9.59 Å². The Balaban J connectivity index is 1.88. The van der Waals surface area contributed by atoms with Crippen molar-refractivity contribution in [3.05, 3.63) is 27.1 Å². The molecule has 1 fully saturated rings. The largest absolute Gasteiger partial charge is 0.489 e. The summed E-state index contributed by atoms with van der Waals surface area (Å²) in [6.07, 6.45) is 5.43. The van der Waals surface area contributed by atoms with Crippen molar-refractivity contribution in [3.63, 3.8) is 0 Å². The highest BCUT2D eigenvalue weighted by molar-refractivity contribution is 9.10. The molecule has 1 aliphatic carbocycles. The summed E-state index contributed by atoms with van der Waals surface area (Å²) in [6.45, 7) is 1.48. The third kappa shape index (κ3) is 4.57. The first-order valence-corrected chi connectivity index (χ1v) is 7.80. The summed E-state index contributed by atoms with van der Waals surface area (Å²) in [7, 11) is 1.70. The van der Waals surface area contributed by atoms with Crippen LogP contribution in [0.25, 0.3) is 0 Å². The van der Waals surface area contributed by atoms with E-state index >= 15 is 0 Å². The van der Waals surface area contributed by atoms with Crippen LogP contribution in [0.4, 0.5) is 0 Å². The third-order valence-corrected chi connectivity index (χ3v) is 4.16. The van der Waals surface area contributed by atoms with E-state index in [4.69, 9.17) is 4.74 Å². The zero-order chi connectivity index (χ0) is 15.4. The lowest BCUT2D eigenvalue weighted by Crippen LogP contribution is -2.45. The fourth-order valence-electron chi connectivity index (χ4n) is 2.38. The molecule has 0 atom stereocenters. The van der Waals surface area contributed by atoms with Crippen LogP contribution in [0, 0.1) is 0 Å². The number of nitrogens with zero attached hydrogens (tertiary/aromatic N) is 1. The van der Waals surface area contributed by atoms with E-state index in [0.29, 0.717) is 5.75 Å². The number of aromatic nitrogens is 1. The molecule has 2 N–H and O–H groups in total. The average molecular weight is 358 g/mol. The van der Waals surface area contributed by atoms with Gasteiger partial charge in [0, 0.05) is 32.3 Å². The minimum atomic E-state index is -0.0887. The number of halogens is 1. The Morgan fingerprint density at radius 3 is 2.67 bits per heavy atom. The van der Waals surface area contributed by atoms with Crippen molar-refractivity contribution in [2.24, 2.45) is 7.05 Å². The van der Waals surface area contributed by atoms with Crippen LogP contribution in [-0.2, 0) is 11.8 Å². The average Bonchev–Trinajstić information content (AvgIpc) is 2.44. The molecule has 0 radical (unpaired) electrons. The van der Waals surface area contributed by atoms with Gasteiger partial charge in [0.15, 0.2) is 0 Å². The first-order chi connectivity index (χ1) is 9.95. The number of carbonyl (C=O) groups is 1. The minimum absolute atomic E-state index is 0.0857. The molecule has 1 saturated carbocycles. The summed E-state index contributed by atoms with van der Waals surface area (Å²) >= 11 is 3.42. The number of carbonyl (C=O) groups excluding carboxylic acids is 1. The maximum atomic E-state index is 11.6. The molecule has 0 spiro atoms. The molecular formula is C14H20BrN3O3. The Bertz CT molecular complexity index is 565. The van der Waals surface area contributed by atoms with Gasteiger partial charge < -0.3 is 9.30 Å². The highest BCUT2D eigenvalue weighted by Gasteiger charge is 2.23. The predicted octanol–water partition coefficient (Wildman–Crippen LogP) is 1.48. The molecule has 1 aromatic rings. The number of ether oxygens (including phenoxy) is 1. The maximum Gasteiger partial charge on any atom is 0.254 e. The zero-order valence-corrected chi connectivity index (χ0v) is 13.8. The van der Waals surface area contributed by atoms with Crippen molar-refractivity contribution in [2.75, 3.05) is 0 Å². The highest BCUT2D eigenvalue weighted by atomic mass is 79.9. The number of aryl methyl sites for hydroxylation is 1. The molecule has 0 aromatic carbocycles. The lowest BCUT2D eigenvalue weighted by Gasteiger charge is -2.29. The molecule has 1 aromatic heterocycles. The van der Waals surface area contributed by atoms with E-state index in [1.165, 1.54) is 17.6 Å². The topological polar surface area (TPSA) is 72.4 Å². The summed E-state index contributed by atoms with van der Waals surface area (Å²) in [5, 5.41) is 0. The number of hydrazine groups is 1. The van der Waals surface area contributed by atoms with Crippen LogP contribution in [0.15, 0.2) is 21.5 Å². The van der Waals surface area contributed by atoms with Crippen molar-refractivity contribution in [2.45, 2.75) is 44.8 Å². The van der Waals surface area contributed by atoms with E-state index in [-0.39, 0.29) is 23.6 Å². The molecule has 116 valence electrons. The second-order valence-electron chi connectivity index (χ2n) is 5.35. The fraction of sp³-hybridized carbons (Fsp3) is 0.571. The van der Waals surface area contributed by atoms with E-state index in [0.717, 1.165) is 30.2 Å². The van der Waals surface area contributed by atoms with Crippen LogP contribution in [0.3, 0.4) is 0 Å². The highest BCUT2D eigenvalue weighted by Crippen LogP contribution is 2.28. The third-order valence-electron chi connectivity index (χ3n) is 3.56. The SMILES string of the molecule is CC(=O)NN[C@H]1CC[C@H](Oc2cc(=O)n(C)cc2Br)CC1. The smallest absolute Gasteiger partial charge is 0.254 e. The van der Waals surface area contributed by atoms with Gasteiger partial charge in [0.05, 0.1) is 10.6 Å². The second-order valence-corrected chi connectivity index (χ2v) is 6.21. The van der Waals surface area contributed by atoms with E-state index in [2.05, 4.69) is 26.8 Å². The van der Waals surface area contributed by atoms with Crippen LogP contribution < -0.4 is 21.1 Å². The molecule has 6 nitrogen and oxygen atoms in total. The minimum Gasteiger partial charge on any atom is -0.489 e. The molecule has 1 amide bonds. The van der Waals surface area contributed by atoms with Crippen LogP contribution >= 0.6 is 15.9 Å². The standard InChI is InChI=1S/C14H20BrN3O3/c1-9(19)16-17-10-3-5-11(6-4-10)21-13-7-14(20)18(2)8-12(13)15/h7-8,10-11,17H,3-6H2,1-2H3,(H,16,19)/t10-,11-. The van der Waals surface area contributed by atoms with Crippen molar-refractivity contribution in [1.82, 2.24) is 15.4 Å². The number of amides is 1. The van der Waals surface area contributed by atoms with Crippen molar-refractivity contribution in [1.29, 1.82) is 0 Å². The number of rotatable bonds is 4. The van der Waals surface area contributed by atoms with Crippen molar-refractivity contribution < 1.29 is 9.53 Å². The van der Waals surface area contributed by atoms with Gasteiger partial charge in [0.25, 0.3) is 5.56 Å². The summed E-state index contributed by atoms with van der Waals surface area (Å²) < 4.78 is 8.21. The van der Waals surface area contributed by atoms with Crippen LogP contribution in [0.5, 0.6) is 5.75 Å². The first kappa shape index (κ1) is 16.0. The molecule has 0 bridgehead atoms. The fourth-order valence-corrected chi connectivity index (χ4v) is 2.89. The molecule has 0 saturated heterocycles. The Morgan fingerprint density at radius 1 is 1.38 bits per heavy atom. The molecule has 0 aliphatic heterocycles. The number of pyridine rings is 1. The Morgan fingerprint density at radius 2 is 2.05 bits per heavy atom. The van der Waals surface area contributed by atoms with Gasteiger partial charge in [-0.2, -0.15) is 0 Å². The van der Waals surface area contributed by atoms with Gasteiger partial charge in [0.1, 0.15) is 5.75 Å². The summed E-state index contributed by atoms with van der Waals surface area (Å²) in [5.74, 6) is 0.508. The summed E-state index contributed by atoms with van der Waals surface area (Å²) in [6, 6.07) is 1.78. The van der Waals surface area contributed by atoms with E-state index in [1.807, 2.05) is 0 Å². The second kappa shape index (κ2) is 7.09. The molecule has 21 heavy (non-hydrogen) atoms. The predicted molar refractivity (Wildman–Crippen MR) is 83.0 cm³/mol. The zero-order valence-electron chi connectivity index (χ0n) is 12.2.